The van der Waals surface area contributed by atoms with E-state index in [1.807, 2.05) is 26.0 Å². The van der Waals surface area contributed by atoms with E-state index in [1.165, 1.54) is 0 Å². The molecule has 0 saturated heterocycles. The molecule has 0 bridgehead atoms. The fourth-order valence-corrected chi connectivity index (χ4v) is 3.09. The predicted molar refractivity (Wildman–Crippen MR) is 105 cm³/mol. The molecule has 1 N–H and O–H groups in total. The average Bonchev–Trinajstić information content (AvgIpc) is 2.63. The lowest BCUT2D eigenvalue weighted by Gasteiger charge is -2.14. The predicted octanol–water partition coefficient (Wildman–Crippen LogP) is 3.23. The molecule has 2 rings (SSSR count). The van der Waals surface area contributed by atoms with Crippen LogP contribution in [0.1, 0.15) is 57.2 Å². The molecule has 0 spiro atoms. The maximum atomic E-state index is 12.5. The quantitative estimate of drug-likeness (QED) is 0.612. The van der Waals surface area contributed by atoms with Crippen LogP contribution in [0.4, 0.5) is 0 Å². The molecule has 6 heteroatoms. The van der Waals surface area contributed by atoms with Crippen molar-refractivity contribution in [3.05, 3.63) is 67.6 Å². The Kier molecular flexibility index (Phi) is 6.53. The van der Waals surface area contributed by atoms with Crippen molar-refractivity contribution in [2.45, 2.75) is 53.6 Å². The number of aromatic nitrogens is 1. The molecule has 0 aliphatic heterocycles. The van der Waals surface area contributed by atoms with Crippen LogP contribution in [0.2, 0.25) is 0 Å². The summed E-state index contributed by atoms with van der Waals surface area (Å²) in [4.78, 5) is 39.1. The van der Waals surface area contributed by atoms with E-state index in [1.54, 1.807) is 32.9 Å². The summed E-state index contributed by atoms with van der Waals surface area (Å²) in [5.41, 5.74) is 4.13. The number of nitrogens with one attached hydrogen (secondary N) is 1. The van der Waals surface area contributed by atoms with E-state index in [0.29, 0.717) is 23.2 Å². The Balaban J connectivity index is 2.05. The van der Waals surface area contributed by atoms with Gasteiger partial charge in [0.25, 0.3) is 5.56 Å². The van der Waals surface area contributed by atoms with E-state index in [2.05, 4.69) is 4.98 Å². The van der Waals surface area contributed by atoms with E-state index in [4.69, 9.17) is 10.00 Å². The zero-order chi connectivity index (χ0) is 21.0. The second-order valence-corrected chi connectivity index (χ2v) is 6.96. The molecule has 1 aromatic carbocycles. The minimum atomic E-state index is -0.887. The number of ether oxygens (including phenoxy) is 1. The summed E-state index contributed by atoms with van der Waals surface area (Å²) in [6.07, 6.45) is -0.530. The van der Waals surface area contributed by atoms with Crippen molar-refractivity contribution in [3.8, 4) is 6.07 Å². The number of Topliss-reactive ketones (excluding diaryl/α,β-unsaturated/α-hetero) is 1. The van der Waals surface area contributed by atoms with Gasteiger partial charge in [0.1, 0.15) is 11.6 Å². The summed E-state index contributed by atoms with van der Waals surface area (Å²) in [6, 6.07) is 7.27. The van der Waals surface area contributed by atoms with E-state index in [-0.39, 0.29) is 17.8 Å². The highest BCUT2D eigenvalue weighted by atomic mass is 16.5. The topological polar surface area (TPSA) is 100 Å². The van der Waals surface area contributed by atoms with Crippen LogP contribution < -0.4 is 5.56 Å². The number of rotatable bonds is 6. The highest BCUT2D eigenvalue weighted by molar-refractivity contribution is 6.00. The molecule has 1 aromatic heterocycles. The summed E-state index contributed by atoms with van der Waals surface area (Å²) >= 11 is 0. The monoisotopic (exact) mass is 380 g/mol. The number of benzene rings is 1. The maximum Gasteiger partial charge on any atom is 0.306 e. The van der Waals surface area contributed by atoms with E-state index in [0.717, 1.165) is 16.7 Å². The number of hydrogen-bond acceptors (Lipinski definition) is 5. The van der Waals surface area contributed by atoms with Crippen molar-refractivity contribution in [2.75, 3.05) is 0 Å². The van der Waals surface area contributed by atoms with Gasteiger partial charge in [-0.2, -0.15) is 5.26 Å². The summed E-state index contributed by atoms with van der Waals surface area (Å²) in [5, 5.41) is 9.12. The number of aromatic amines is 1. The largest absolute Gasteiger partial charge is 0.454 e. The van der Waals surface area contributed by atoms with Gasteiger partial charge in [-0.15, -0.1) is 0 Å². The number of esters is 1. The van der Waals surface area contributed by atoms with Gasteiger partial charge in [-0.05, 0) is 69.4 Å². The number of nitrogens with zero attached hydrogens (tertiary/aromatic N) is 1. The molecule has 6 nitrogen and oxygen atoms in total. The van der Waals surface area contributed by atoms with Crippen LogP contribution in [0.5, 0.6) is 0 Å². The van der Waals surface area contributed by atoms with Gasteiger partial charge in [-0.25, -0.2) is 0 Å². The first-order valence-electron chi connectivity index (χ1n) is 9.09. The van der Waals surface area contributed by atoms with Crippen molar-refractivity contribution in [3.63, 3.8) is 0 Å². The van der Waals surface area contributed by atoms with Crippen molar-refractivity contribution in [1.82, 2.24) is 4.98 Å². The molecule has 146 valence electrons. The lowest BCUT2D eigenvalue weighted by molar-refractivity contribution is -0.146. The first-order valence-corrected chi connectivity index (χ1v) is 9.09. The van der Waals surface area contributed by atoms with Crippen LogP contribution in [0.25, 0.3) is 0 Å². The van der Waals surface area contributed by atoms with Crippen LogP contribution in [0.3, 0.4) is 0 Å². The highest BCUT2D eigenvalue weighted by Crippen LogP contribution is 2.17. The highest BCUT2D eigenvalue weighted by Gasteiger charge is 2.20. The van der Waals surface area contributed by atoms with Crippen LogP contribution in [-0.2, 0) is 16.0 Å². The third-order valence-corrected chi connectivity index (χ3v) is 4.97. The van der Waals surface area contributed by atoms with Crippen LogP contribution in [0.15, 0.2) is 23.0 Å². The Morgan fingerprint density at radius 3 is 2.46 bits per heavy atom. The Bertz CT molecular complexity index is 1030. The zero-order valence-corrected chi connectivity index (χ0v) is 16.8. The number of pyridine rings is 1. The van der Waals surface area contributed by atoms with Gasteiger partial charge in [0.15, 0.2) is 6.10 Å². The number of carbonyl (C=O) groups excluding carboxylic acids is 2. The second-order valence-electron chi connectivity index (χ2n) is 6.96. The van der Waals surface area contributed by atoms with Gasteiger partial charge in [0.2, 0.25) is 5.78 Å². The summed E-state index contributed by atoms with van der Waals surface area (Å²) in [7, 11) is 0. The van der Waals surface area contributed by atoms with Crippen molar-refractivity contribution >= 4 is 11.8 Å². The minimum Gasteiger partial charge on any atom is -0.454 e. The molecule has 0 aliphatic rings. The molecule has 0 aliphatic carbocycles. The van der Waals surface area contributed by atoms with E-state index < -0.39 is 17.6 Å². The fourth-order valence-electron chi connectivity index (χ4n) is 3.09. The third kappa shape index (κ3) is 4.55. The number of carbonyl (C=O) groups is 2. The number of aryl methyl sites for hydroxylation is 3. The van der Waals surface area contributed by atoms with Gasteiger partial charge < -0.3 is 9.72 Å². The number of H-pyrrole nitrogens is 1. The van der Waals surface area contributed by atoms with Gasteiger partial charge in [0, 0.05) is 17.7 Å². The first kappa shape index (κ1) is 21.1. The Labute approximate surface area is 164 Å². The van der Waals surface area contributed by atoms with Crippen LogP contribution in [-0.4, -0.2) is 22.8 Å². The van der Waals surface area contributed by atoms with E-state index in [9.17, 15) is 14.4 Å². The molecular weight excluding hydrogens is 356 g/mol. The molecular formula is C22H24N2O4. The van der Waals surface area contributed by atoms with Gasteiger partial charge >= 0.3 is 5.97 Å². The molecule has 28 heavy (non-hydrogen) atoms. The molecule has 0 fully saturated rings. The first-order chi connectivity index (χ1) is 13.1. The van der Waals surface area contributed by atoms with E-state index >= 15 is 0 Å². The minimum absolute atomic E-state index is 0.0448. The van der Waals surface area contributed by atoms with Crippen molar-refractivity contribution in [2.24, 2.45) is 0 Å². The molecule has 0 saturated carbocycles. The molecule has 1 atom stereocenters. The Morgan fingerprint density at radius 1 is 1.18 bits per heavy atom. The zero-order valence-electron chi connectivity index (χ0n) is 16.8. The lowest BCUT2D eigenvalue weighted by Crippen LogP contribution is -2.25. The van der Waals surface area contributed by atoms with Crippen molar-refractivity contribution < 1.29 is 14.3 Å². The molecule has 0 amide bonds. The van der Waals surface area contributed by atoms with Crippen molar-refractivity contribution in [1.29, 1.82) is 5.26 Å². The third-order valence-electron chi connectivity index (χ3n) is 4.97. The molecule has 0 radical (unpaired) electrons. The van der Waals surface area contributed by atoms with Gasteiger partial charge in [0.05, 0.1) is 0 Å². The normalized spacial score (nSPS) is 11.6. The molecule has 1 heterocycles. The fraction of sp³-hybridized carbons (Fsp3) is 0.364. The Morgan fingerprint density at radius 2 is 1.86 bits per heavy atom. The number of hydrogen-bond donors (Lipinski definition) is 1. The van der Waals surface area contributed by atoms with Gasteiger partial charge in [-0.3, -0.25) is 14.4 Å². The molecule has 2 aromatic rings. The SMILES string of the molecule is Cc1ccc(C(=O)[C@H](C)OC(=O)CCc2c(C)[nH]c(=O)c(C#N)c2C)cc1C. The maximum absolute atomic E-state index is 12.5. The standard InChI is InChI=1S/C22H24N2O4/c1-12-6-7-17(10-13(12)2)21(26)16(5)28-20(25)9-8-18-14(3)19(11-23)22(27)24-15(18)4/h6-7,10,16H,8-9H2,1-5H3,(H,24,27)/t16-/m0/s1. The number of nitriles is 1. The lowest BCUT2D eigenvalue weighted by atomic mass is 9.99. The smallest absolute Gasteiger partial charge is 0.306 e. The van der Waals surface area contributed by atoms with Crippen LogP contribution >= 0.6 is 0 Å². The summed E-state index contributed by atoms with van der Waals surface area (Å²) in [5.74, 6) is -0.757. The van der Waals surface area contributed by atoms with Gasteiger partial charge in [-0.1, -0.05) is 12.1 Å². The summed E-state index contributed by atoms with van der Waals surface area (Å²) in [6.45, 7) is 8.86. The Hall–Kier alpha value is -3.20. The van der Waals surface area contributed by atoms with Crippen LogP contribution in [0, 0.1) is 39.0 Å². The average molecular weight is 380 g/mol. The summed E-state index contributed by atoms with van der Waals surface area (Å²) < 4.78 is 5.29. The number of ketones is 1. The second kappa shape index (κ2) is 8.66. The molecule has 0 unspecified atom stereocenters.